The van der Waals surface area contributed by atoms with E-state index in [0.29, 0.717) is 5.25 Å². The van der Waals surface area contributed by atoms with Crippen LogP contribution >= 0.6 is 23.5 Å². The van der Waals surface area contributed by atoms with Crippen molar-refractivity contribution in [3.63, 3.8) is 0 Å². The lowest BCUT2D eigenvalue weighted by atomic mass is 9.88. The summed E-state index contributed by atoms with van der Waals surface area (Å²) in [4.78, 5) is 1.28. The minimum absolute atomic E-state index is 0.128. The van der Waals surface area contributed by atoms with E-state index in [0.717, 1.165) is 18.6 Å². The van der Waals surface area contributed by atoms with Gasteiger partial charge in [-0.25, -0.2) is 0 Å². The van der Waals surface area contributed by atoms with Crippen LogP contribution in [0, 0.1) is 0 Å². The average Bonchev–Trinajstić information content (AvgIpc) is 2.48. The number of rotatable bonds is 3. The molecule has 0 amide bonds. The highest BCUT2D eigenvalue weighted by molar-refractivity contribution is 8.00. The van der Waals surface area contributed by atoms with Gasteiger partial charge in [0.25, 0.3) is 0 Å². The molecular formula is C16H22O2S2. The van der Waals surface area contributed by atoms with Crippen LogP contribution in [0.1, 0.15) is 31.2 Å². The van der Waals surface area contributed by atoms with Gasteiger partial charge >= 0.3 is 0 Å². The molecule has 1 atom stereocenters. The van der Waals surface area contributed by atoms with E-state index in [4.69, 9.17) is 4.74 Å². The number of hydrogen-bond donors (Lipinski definition) is 1. The maximum absolute atomic E-state index is 9.24. The molecule has 0 saturated carbocycles. The Hall–Kier alpha value is -0.160. The van der Waals surface area contributed by atoms with Crippen molar-refractivity contribution in [3.8, 4) is 0 Å². The van der Waals surface area contributed by atoms with Gasteiger partial charge in [0.1, 0.15) is 0 Å². The number of thioether (sulfide) groups is 2. The van der Waals surface area contributed by atoms with Crippen molar-refractivity contribution >= 4 is 23.5 Å². The molecule has 0 aliphatic carbocycles. The topological polar surface area (TPSA) is 29.5 Å². The first-order valence-electron chi connectivity index (χ1n) is 7.38. The molecule has 4 heteroatoms. The van der Waals surface area contributed by atoms with Gasteiger partial charge in [-0.3, -0.25) is 0 Å². The summed E-state index contributed by atoms with van der Waals surface area (Å²) in [6, 6.07) is 8.29. The van der Waals surface area contributed by atoms with Crippen molar-refractivity contribution in [3.05, 3.63) is 29.8 Å². The fourth-order valence-corrected chi connectivity index (χ4v) is 5.68. The van der Waals surface area contributed by atoms with Crippen LogP contribution in [0.25, 0.3) is 0 Å². The molecule has 2 fully saturated rings. The van der Waals surface area contributed by atoms with Crippen LogP contribution in [0.4, 0.5) is 0 Å². The van der Waals surface area contributed by atoms with Crippen LogP contribution in [0.2, 0.25) is 0 Å². The molecule has 2 aliphatic heterocycles. The van der Waals surface area contributed by atoms with Gasteiger partial charge in [-0.15, -0.1) is 11.8 Å². The van der Waals surface area contributed by atoms with Crippen molar-refractivity contribution in [1.82, 2.24) is 0 Å². The fourth-order valence-electron chi connectivity index (χ4n) is 3.08. The fraction of sp³-hybridized carbons (Fsp3) is 0.625. The monoisotopic (exact) mass is 310 g/mol. The number of aliphatic hydroxyl groups excluding tert-OH is 1. The lowest BCUT2D eigenvalue weighted by Crippen LogP contribution is -2.43. The van der Waals surface area contributed by atoms with E-state index in [9.17, 15) is 5.11 Å². The van der Waals surface area contributed by atoms with Crippen LogP contribution in [0.5, 0.6) is 0 Å². The summed E-state index contributed by atoms with van der Waals surface area (Å²) in [6.45, 7) is 1.03. The minimum Gasteiger partial charge on any atom is -0.392 e. The average molecular weight is 310 g/mol. The minimum atomic E-state index is 0.128. The van der Waals surface area contributed by atoms with Crippen LogP contribution in [-0.2, 0) is 11.3 Å². The Balaban J connectivity index is 1.64. The highest BCUT2D eigenvalue weighted by Gasteiger charge is 2.38. The second-order valence-electron chi connectivity index (χ2n) is 5.68. The zero-order valence-electron chi connectivity index (χ0n) is 11.7. The summed E-state index contributed by atoms with van der Waals surface area (Å²) in [7, 11) is 0. The van der Waals surface area contributed by atoms with Crippen LogP contribution in [-0.4, -0.2) is 34.1 Å². The van der Waals surface area contributed by atoms with Crippen molar-refractivity contribution in [1.29, 1.82) is 0 Å². The Morgan fingerprint density at radius 1 is 1.35 bits per heavy atom. The van der Waals surface area contributed by atoms with E-state index in [-0.39, 0.29) is 12.2 Å². The first kappa shape index (κ1) is 14.8. The van der Waals surface area contributed by atoms with Gasteiger partial charge in [0, 0.05) is 16.8 Å². The second-order valence-corrected chi connectivity index (χ2v) is 8.28. The van der Waals surface area contributed by atoms with Gasteiger partial charge in [-0.2, -0.15) is 11.8 Å². The highest BCUT2D eigenvalue weighted by atomic mass is 32.2. The molecule has 2 aliphatic rings. The molecule has 1 aromatic carbocycles. The quantitative estimate of drug-likeness (QED) is 0.921. The Morgan fingerprint density at radius 2 is 2.20 bits per heavy atom. The number of ether oxygens (including phenoxy) is 1. The van der Waals surface area contributed by atoms with Crippen LogP contribution < -0.4 is 0 Å². The molecule has 20 heavy (non-hydrogen) atoms. The Labute approximate surface area is 129 Å². The highest BCUT2D eigenvalue weighted by Crippen LogP contribution is 2.42. The van der Waals surface area contributed by atoms with Crippen LogP contribution in [0.3, 0.4) is 0 Å². The summed E-state index contributed by atoms with van der Waals surface area (Å²) in [5.74, 6) is 2.49. The third kappa shape index (κ3) is 3.53. The third-order valence-corrected chi connectivity index (χ3v) is 6.48. The maximum atomic E-state index is 9.24. The van der Waals surface area contributed by atoms with Crippen molar-refractivity contribution in [2.45, 2.75) is 48.0 Å². The van der Waals surface area contributed by atoms with E-state index in [2.05, 4.69) is 23.9 Å². The van der Waals surface area contributed by atoms with E-state index < -0.39 is 0 Å². The normalized spacial score (nSPS) is 25.8. The predicted molar refractivity (Wildman–Crippen MR) is 86.5 cm³/mol. The van der Waals surface area contributed by atoms with Crippen molar-refractivity contribution in [2.24, 2.45) is 0 Å². The molecule has 2 saturated heterocycles. The molecule has 0 radical (unpaired) electrons. The molecule has 1 spiro atoms. The number of aliphatic hydroxyl groups is 1. The van der Waals surface area contributed by atoms with E-state index >= 15 is 0 Å². The Kier molecular flexibility index (Phi) is 4.97. The third-order valence-electron chi connectivity index (χ3n) is 4.24. The first-order valence-corrected chi connectivity index (χ1v) is 9.41. The number of benzene rings is 1. The van der Waals surface area contributed by atoms with Gasteiger partial charge in [-0.05, 0) is 54.9 Å². The summed E-state index contributed by atoms with van der Waals surface area (Å²) in [5.41, 5.74) is 1.17. The molecule has 3 rings (SSSR count). The molecule has 2 heterocycles. The Bertz CT molecular complexity index is 438. The number of hydrogen-bond acceptors (Lipinski definition) is 4. The summed E-state index contributed by atoms with van der Waals surface area (Å²) in [5, 5.41) is 9.89. The van der Waals surface area contributed by atoms with Crippen LogP contribution in [0.15, 0.2) is 29.2 Å². The second kappa shape index (κ2) is 6.73. The summed E-state index contributed by atoms with van der Waals surface area (Å²) < 4.78 is 6.15. The van der Waals surface area contributed by atoms with Gasteiger partial charge in [0.05, 0.1) is 12.2 Å². The molecule has 2 nitrogen and oxygen atoms in total. The molecule has 0 bridgehead atoms. The van der Waals surface area contributed by atoms with Crippen molar-refractivity contribution < 1.29 is 9.84 Å². The first-order chi connectivity index (χ1) is 9.80. The zero-order valence-corrected chi connectivity index (χ0v) is 13.3. The van der Waals surface area contributed by atoms with Crippen molar-refractivity contribution in [2.75, 3.05) is 18.1 Å². The predicted octanol–water partition coefficient (Wildman–Crippen LogP) is 3.72. The summed E-state index contributed by atoms with van der Waals surface area (Å²) in [6.07, 6.45) is 4.75. The molecular weight excluding hydrogens is 288 g/mol. The maximum Gasteiger partial charge on any atom is 0.0709 e. The molecule has 1 aromatic rings. The molecule has 1 unspecified atom stereocenters. The van der Waals surface area contributed by atoms with Gasteiger partial charge < -0.3 is 9.84 Å². The SMILES string of the molecule is OCc1cccc(SC2CCOC3(CCSCC3)C2)c1. The van der Waals surface area contributed by atoms with Gasteiger partial charge in [-0.1, -0.05) is 12.1 Å². The summed E-state index contributed by atoms with van der Waals surface area (Å²) >= 11 is 4.02. The zero-order chi connectivity index (χ0) is 13.8. The molecule has 0 aromatic heterocycles. The van der Waals surface area contributed by atoms with E-state index in [1.54, 1.807) is 0 Å². The Morgan fingerprint density at radius 3 is 3.00 bits per heavy atom. The largest absolute Gasteiger partial charge is 0.392 e. The lowest BCUT2D eigenvalue weighted by molar-refractivity contribution is -0.0804. The van der Waals surface area contributed by atoms with E-state index in [1.807, 2.05) is 23.9 Å². The standard InChI is InChI=1S/C16H22O2S2/c17-12-13-2-1-3-14(10-13)20-15-4-7-18-16(11-15)5-8-19-9-6-16/h1-3,10,15,17H,4-9,11-12H2. The van der Waals surface area contributed by atoms with E-state index in [1.165, 1.54) is 35.7 Å². The van der Waals surface area contributed by atoms with Gasteiger partial charge in [0.15, 0.2) is 0 Å². The smallest absolute Gasteiger partial charge is 0.0709 e. The molecule has 110 valence electrons. The lowest BCUT2D eigenvalue weighted by Gasteiger charge is -2.43. The van der Waals surface area contributed by atoms with Gasteiger partial charge in [0.2, 0.25) is 0 Å². The molecule has 1 N–H and O–H groups in total.